The Bertz CT molecular complexity index is 650. The molecule has 1 aromatic rings. The molecule has 2 aliphatic heterocycles. The standard InChI is InChI=1S/C18H22F2N2O2/c1-2-13-5-3-4-8-21(13)18(24)12-9-17(23)22(11-12)14-6-7-15(19)16(20)10-14/h6-7,10,12-13H,2-5,8-9,11H2,1H3. The van der Waals surface area contributed by atoms with Crippen LogP contribution >= 0.6 is 0 Å². The van der Waals surface area contributed by atoms with Gasteiger partial charge in [0, 0.05) is 37.3 Å². The lowest BCUT2D eigenvalue weighted by molar-refractivity contribution is -0.139. The van der Waals surface area contributed by atoms with Crippen LogP contribution < -0.4 is 4.90 Å². The van der Waals surface area contributed by atoms with Gasteiger partial charge in [-0.15, -0.1) is 0 Å². The fraction of sp³-hybridized carbons (Fsp3) is 0.556. The van der Waals surface area contributed by atoms with Gasteiger partial charge in [0.2, 0.25) is 11.8 Å². The van der Waals surface area contributed by atoms with E-state index in [-0.39, 0.29) is 30.8 Å². The lowest BCUT2D eigenvalue weighted by Crippen LogP contribution is -2.46. The highest BCUT2D eigenvalue weighted by Gasteiger charge is 2.39. The number of carbonyl (C=O) groups excluding carboxylic acids is 2. The molecule has 0 aromatic heterocycles. The van der Waals surface area contributed by atoms with Crippen molar-refractivity contribution in [1.82, 2.24) is 4.90 Å². The van der Waals surface area contributed by atoms with Gasteiger partial charge in [-0.3, -0.25) is 9.59 Å². The largest absolute Gasteiger partial charge is 0.339 e. The summed E-state index contributed by atoms with van der Waals surface area (Å²) in [5.41, 5.74) is 0.305. The van der Waals surface area contributed by atoms with E-state index in [1.807, 2.05) is 4.90 Å². The Morgan fingerprint density at radius 1 is 1.25 bits per heavy atom. The highest BCUT2D eigenvalue weighted by Crippen LogP contribution is 2.29. The molecule has 130 valence electrons. The van der Waals surface area contributed by atoms with Gasteiger partial charge in [-0.05, 0) is 37.8 Å². The zero-order valence-corrected chi connectivity index (χ0v) is 13.8. The Morgan fingerprint density at radius 3 is 2.75 bits per heavy atom. The molecule has 0 aliphatic carbocycles. The van der Waals surface area contributed by atoms with Crippen LogP contribution in [0, 0.1) is 17.6 Å². The maximum absolute atomic E-state index is 13.4. The number of hydrogen-bond donors (Lipinski definition) is 0. The second-order valence-electron chi connectivity index (χ2n) is 6.59. The van der Waals surface area contributed by atoms with E-state index in [9.17, 15) is 18.4 Å². The predicted octanol–water partition coefficient (Wildman–Crippen LogP) is 3.11. The van der Waals surface area contributed by atoms with E-state index in [4.69, 9.17) is 0 Å². The van der Waals surface area contributed by atoms with Crippen molar-refractivity contribution in [3.05, 3.63) is 29.8 Å². The van der Waals surface area contributed by atoms with Gasteiger partial charge in [-0.1, -0.05) is 6.92 Å². The number of hydrogen-bond acceptors (Lipinski definition) is 2. The van der Waals surface area contributed by atoms with E-state index < -0.39 is 17.6 Å². The Hall–Kier alpha value is -1.98. The van der Waals surface area contributed by atoms with Crippen LogP contribution in [0.25, 0.3) is 0 Å². The quantitative estimate of drug-likeness (QED) is 0.851. The first-order valence-electron chi connectivity index (χ1n) is 8.57. The zero-order valence-electron chi connectivity index (χ0n) is 13.8. The molecular formula is C18H22F2N2O2. The predicted molar refractivity (Wildman–Crippen MR) is 86.5 cm³/mol. The minimum atomic E-state index is -0.989. The lowest BCUT2D eigenvalue weighted by atomic mass is 9.97. The topological polar surface area (TPSA) is 40.6 Å². The zero-order chi connectivity index (χ0) is 17.3. The third kappa shape index (κ3) is 3.14. The fourth-order valence-corrected chi connectivity index (χ4v) is 3.73. The molecule has 6 heteroatoms. The third-order valence-electron chi connectivity index (χ3n) is 5.07. The number of likely N-dealkylation sites (tertiary alicyclic amines) is 1. The number of amides is 2. The van der Waals surface area contributed by atoms with Crippen LogP contribution in [0.5, 0.6) is 0 Å². The first-order valence-corrected chi connectivity index (χ1v) is 8.57. The van der Waals surface area contributed by atoms with Crippen molar-refractivity contribution in [3.8, 4) is 0 Å². The third-order valence-corrected chi connectivity index (χ3v) is 5.07. The van der Waals surface area contributed by atoms with Gasteiger partial charge in [-0.2, -0.15) is 0 Å². The molecule has 2 heterocycles. The first kappa shape index (κ1) is 16.9. The normalized spacial score (nSPS) is 24.5. The summed E-state index contributed by atoms with van der Waals surface area (Å²) < 4.78 is 26.5. The van der Waals surface area contributed by atoms with Crippen molar-refractivity contribution >= 4 is 17.5 Å². The Kier molecular flexibility index (Phi) is 4.83. The molecular weight excluding hydrogens is 314 g/mol. The molecule has 0 N–H and O–H groups in total. The van der Waals surface area contributed by atoms with Crippen molar-refractivity contribution in [2.75, 3.05) is 18.0 Å². The number of anilines is 1. The summed E-state index contributed by atoms with van der Waals surface area (Å²) in [7, 11) is 0. The molecule has 0 spiro atoms. The van der Waals surface area contributed by atoms with E-state index in [1.54, 1.807) is 0 Å². The monoisotopic (exact) mass is 336 g/mol. The summed E-state index contributed by atoms with van der Waals surface area (Å²) in [5.74, 6) is -2.54. The van der Waals surface area contributed by atoms with E-state index in [0.29, 0.717) is 5.69 Å². The minimum absolute atomic E-state index is 0.0139. The maximum Gasteiger partial charge on any atom is 0.228 e. The SMILES string of the molecule is CCC1CCCCN1C(=O)C1CC(=O)N(c2ccc(F)c(F)c2)C1. The fourth-order valence-electron chi connectivity index (χ4n) is 3.73. The maximum atomic E-state index is 13.4. The number of halogens is 2. The minimum Gasteiger partial charge on any atom is -0.339 e. The molecule has 2 atom stereocenters. The molecule has 2 amide bonds. The number of carbonyl (C=O) groups is 2. The van der Waals surface area contributed by atoms with Crippen LogP contribution in [0.4, 0.5) is 14.5 Å². The average molecular weight is 336 g/mol. The highest BCUT2D eigenvalue weighted by molar-refractivity contribution is 6.00. The molecule has 0 radical (unpaired) electrons. The molecule has 2 fully saturated rings. The van der Waals surface area contributed by atoms with Crippen molar-refractivity contribution in [3.63, 3.8) is 0 Å². The van der Waals surface area contributed by atoms with Gasteiger partial charge < -0.3 is 9.80 Å². The van der Waals surface area contributed by atoms with Gasteiger partial charge in [0.15, 0.2) is 11.6 Å². The average Bonchev–Trinajstić information content (AvgIpc) is 2.98. The summed E-state index contributed by atoms with van der Waals surface area (Å²) in [5, 5.41) is 0. The molecule has 2 unspecified atom stereocenters. The molecule has 1 aromatic carbocycles. The van der Waals surface area contributed by atoms with Crippen molar-refractivity contribution in [2.24, 2.45) is 5.92 Å². The summed E-state index contributed by atoms with van der Waals surface area (Å²) in [6, 6.07) is 3.64. The van der Waals surface area contributed by atoms with Gasteiger partial charge >= 0.3 is 0 Å². The number of benzene rings is 1. The molecule has 0 bridgehead atoms. The molecule has 24 heavy (non-hydrogen) atoms. The Labute approximate surface area is 140 Å². The molecule has 3 rings (SSSR count). The van der Waals surface area contributed by atoms with Crippen molar-refractivity contribution in [1.29, 1.82) is 0 Å². The summed E-state index contributed by atoms with van der Waals surface area (Å²) >= 11 is 0. The Balaban J connectivity index is 1.74. The van der Waals surface area contributed by atoms with Gasteiger partial charge in [0.1, 0.15) is 0 Å². The van der Waals surface area contributed by atoms with Crippen molar-refractivity contribution < 1.29 is 18.4 Å². The van der Waals surface area contributed by atoms with E-state index >= 15 is 0 Å². The summed E-state index contributed by atoms with van der Waals surface area (Å²) in [4.78, 5) is 28.4. The molecule has 2 saturated heterocycles. The van der Waals surface area contributed by atoms with Crippen LogP contribution in [0.2, 0.25) is 0 Å². The highest BCUT2D eigenvalue weighted by atomic mass is 19.2. The van der Waals surface area contributed by atoms with Crippen LogP contribution in [-0.4, -0.2) is 35.8 Å². The number of rotatable bonds is 3. The summed E-state index contributed by atoms with van der Waals surface area (Å²) in [6.07, 6.45) is 4.18. The van der Waals surface area contributed by atoms with Crippen LogP contribution in [0.1, 0.15) is 39.0 Å². The van der Waals surface area contributed by atoms with E-state index in [2.05, 4.69) is 6.92 Å². The number of piperidine rings is 1. The summed E-state index contributed by atoms with van der Waals surface area (Å²) in [6.45, 7) is 3.05. The van der Waals surface area contributed by atoms with Crippen LogP contribution in [0.3, 0.4) is 0 Å². The second-order valence-corrected chi connectivity index (χ2v) is 6.59. The number of nitrogens with zero attached hydrogens (tertiary/aromatic N) is 2. The van der Waals surface area contributed by atoms with Crippen molar-refractivity contribution in [2.45, 2.75) is 45.1 Å². The van der Waals surface area contributed by atoms with E-state index in [0.717, 1.165) is 44.4 Å². The van der Waals surface area contributed by atoms with Gasteiger partial charge in [-0.25, -0.2) is 8.78 Å². The second kappa shape index (κ2) is 6.87. The van der Waals surface area contributed by atoms with E-state index in [1.165, 1.54) is 11.0 Å². The smallest absolute Gasteiger partial charge is 0.228 e. The van der Waals surface area contributed by atoms with Crippen LogP contribution in [-0.2, 0) is 9.59 Å². The molecule has 2 aliphatic rings. The van der Waals surface area contributed by atoms with Crippen LogP contribution in [0.15, 0.2) is 18.2 Å². The molecule has 4 nitrogen and oxygen atoms in total. The van der Waals surface area contributed by atoms with Gasteiger partial charge in [0.05, 0.1) is 5.92 Å². The first-order chi connectivity index (χ1) is 11.5. The molecule has 0 saturated carbocycles. The lowest BCUT2D eigenvalue weighted by Gasteiger charge is -2.36. The van der Waals surface area contributed by atoms with Gasteiger partial charge in [0.25, 0.3) is 0 Å². The Morgan fingerprint density at radius 2 is 2.04 bits per heavy atom.